The van der Waals surface area contributed by atoms with Crippen LogP contribution in [-0.2, 0) is 29.1 Å². The molecule has 2 heterocycles. The summed E-state index contributed by atoms with van der Waals surface area (Å²) in [5.74, 6) is -0.191. The number of anilines is 2. The molecule has 0 fully saturated rings. The van der Waals surface area contributed by atoms with Crippen LogP contribution >= 0.6 is 23.1 Å². The van der Waals surface area contributed by atoms with Gasteiger partial charge in [0.1, 0.15) is 16.3 Å². The van der Waals surface area contributed by atoms with Crippen LogP contribution in [0.25, 0.3) is 0 Å². The second-order valence-electron chi connectivity index (χ2n) is 10.3. The largest absolute Gasteiger partial charge is 0.326 e. The van der Waals surface area contributed by atoms with Crippen LogP contribution in [-0.4, -0.2) is 23.3 Å². The molecule has 2 N–H and O–H groups in total. The lowest BCUT2D eigenvalue weighted by atomic mass is 10.0. The van der Waals surface area contributed by atoms with Gasteiger partial charge in [-0.05, 0) is 47.7 Å². The predicted octanol–water partition coefficient (Wildman–Crippen LogP) is 7.78. The third-order valence-corrected chi connectivity index (χ3v) is 9.58. The van der Waals surface area contributed by atoms with E-state index in [1.807, 2.05) is 60.7 Å². The summed E-state index contributed by atoms with van der Waals surface area (Å²) in [7, 11) is 0. The van der Waals surface area contributed by atoms with Crippen LogP contribution in [0.3, 0.4) is 0 Å². The van der Waals surface area contributed by atoms with Crippen molar-refractivity contribution >= 4 is 45.6 Å². The number of fused-ring (bicyclic) bond motifs is 1. The standard InChI is InChI=1S/C34H34N4O2S2/c1-2-3-17-31(39)36-26-15-10-16-27(20-26)41-32(25-13-8-5-9-14-25)33(40)37-34-29(21-35)28-18-19-38(23-30(28)42-34)22-24-11-6-4-7-12-24/h4-16,20,32H,2-3,17-19,22-23H2,1H3,(H,36,39)(H,37,40). The number of benzene rings is 3. The van der Waals surface area contributed by atoms with Gasteiger partial charge in [0, 0.05) is 41.5 Å². The number of amides is 2. The molecule has 5 rings (SSSR count). The van der Waals surface area contributed by atoms with E-state index in [1.54, 1.807) is 0 Å². The molecule has 3 aromatic carbocycles. The van der Waals surface area contributed by atoms with E-state index in [0.29, 0.717) is 22.7 Å². The lowest BCUT2D eigenvalue weighted by molar-refractivity contribution is -0.116. The van der Waals surface area contributed by atoms with Crippen LogP contribution in [0.5, 0.6) is 0 Å². The van der Waals surface area contributed by atoms with Gasteiger partial charge in [0.15, 0.2) is 0 Å². The molecule has 1 aliphatic rings. The average Bonchev–Trinajstić information content (AvgIpc) is 3.35. The van der Waals surface area contributed by atoms with Crippen molar-refractivity contribution in [3.05, 3.63) is 112 Å². The monoisotopic (exact) mass is 594 g/mol. The minimum atomic E-state index is -0.544. The highest BCUT2D eigenvalue weighted by molar-refractivity contribution is 8.00. The molecule has 0 saturated carbocycles. The van der Waals surface area contributed by atoms with Gasteiger partial charge in [0.05, 0.1) is 5.56 Å². The Hall–Kier alpha value is -3.90. The molecule has 1 aliphatic heterocycles. The van der Waals surface area contributed by atoms with Crippen LogP contribution in [0.4, 0.5) is 10.7 Å². The summed E-state index contributed by atoms with van der Waals surface area (Å²) in [6, 6.07) is 30.0. The zero-order chi connectivity index (χ0) is 29.3. The summed E-state index contributed by atoms with van der Waals surface area (Å²) < 4.78 is 0. The number of nitrogens with one attached hydrogen (secondary N) is 2. The fourth-order valence-corrected chi connectivity index (χ4v) is 7.39. The first-order chi connectivity index (χ1) is 20.5. The molecule has 1 aromatic heterocycles. The molecule has 8 heteroatoms. The summed E-state index contributed by atoms with van der Waals surface area (Å²) >= 11 is 2.94. The van der Waals surface area contributed by atoms with Crippen molar-refractivity contribution in [2.75, 3.05) is 17.2 Å². The number of nitriles is 1. The van der Waals surface area contributed by atoms with Gasteiger partial charge in [0.2, 0.25) is 11.8 Å². The van der Waals surface area contributed by atoms with Crippen molar-refractivity contribution in [2.45, 2.75) is 55.8 Å². The smallest absolute Gasteiger partial charge is 0.243 e. The third-order valence-electron chi connectivity index (χ3n) is 7.20. The minimum absolute atomic E-state index is 0.00983. The number of unbranched alkanes of at least 4 members (excludes halogenated alkanes) is 1. The van der Waals surface area contributed by atoms with Gasteiger partial charge >= 0.3 is 0 Å². The van der Waals surface area contributed by atoms with Crippen molar-refractivity contribution in [3.8, 4) is 6.07 Å². The van der Waals surface area contributed by atoms with Crippen molar-refractivity contribution in [2.24, 2.45) is 0 Å². The fraction of sp³-hybridized carbons (Fsp3) is 0.265. The summed E-state index contributed by atoms with van der Waals surface area (Å²) in [4.78, 5) is 30.5. The third kappa shape index (κ3) is 7.48. The number of hydrogen-bond acceptors (Lipinski definition) is 6. The van der Waals surface area contributed by atoms with E-state index >= 15 is 0 Å². The zero-order valence-electron chi connectivity index (χ0n) is 23.6. The highest BCUT2D eigenvalue weighted by Crippen LogP contribution is 2.41. The first-order valence-corrected chi connectivity index (χ1v) is 16.0. The lowest BCUT2D eigenvalue weighted by Gasteiger charge is -2.26. The maximum Gasteiger partial charge on any atom is 0.243 e. The van der Waals surface area contributed by atoms with Crippen molar-refractivity contribution < 1.29 is 9.59 Å². The normalized spacial score (nSPS) is 13.5. The molecular formula is C34H34N4O2S2. The average molecular weight is 595 g/mol. The first-order valence-electron chi connectivity index (χ1n) is 14.3. The number of rotatable bonds is 11. The number of thioether (sulfide) groups is 1. The predicted molar refractivity (Wildman–Crippen MR) is 172 cm³/mol. The molecule has 4 aromatic rings. The van der Waals surface area contributed by atoms with Gasteiger partial charge in [-0.2, -0.15) is 5.26 Å². The second kappa shape index (κ2) is 14.3. The quantitative estimate of drug-likeness (QED) is 0.173. The molecule has 0 aliphatic carbocycles. The number of carbonyl (C=O) groups is 2. The van der Waals surface area contributed by atoms with Crippen LogP contribution in [0.15, 0.2) is 89.8 Å². The van der Waals surface area contributed by atoms with Gasteiger partial charge in [-0.15, -0.1) is 23.1 Å². The highest BCUT2D eigenvalue weighted by Gasteiger charge is 2.28. The maximum atomic E-state index is 13.9. The molecular weight excluding hydrogens is 561 g/mol. The Morgan fingerprint density at radius 3 is 2.52 bits per heavy atom. The van der Waals surface area contributed by atoms with E-state index in [1.165, 1.54) is 28.7 Å². The van der Waals surface area contributed by atoms with E-state index in [-0.39, 0.29) is 11.8 Å². The van der Waals surface area contributed by atoms with Crippen molar-refractivity contribution in [1.82, 2.24) is 4.90 Å². The van der Waals surface area contributed by atoms with Crippen LogP contribution in [0.2, 0.25) is 0 Å². The number of nitrogens with zero attached hydrogens (tertiary/aromatic N) is 2. The minimum Gasteiger partial charge on any atom is -0.326 e. The molecule has 0 saturated heterocycles. The number of thiophene rings is 1. The Morgan fingerprint density at radius 1 is 1.02 bits per heavy atom. The molecule has 0 spiro atoms. The summed E-state index contributed by atoms with van der Waals surface area (Å²) in [6.45, 7) is 4.54. The Balaban J connectivity index is 1.34. The van der Waals surface area contributed by atoms with Crippen LogP contribution < -0.4 is 10.6 Å². The maximum absolute atomic E-state index is 13.9. The molecule has 2 amide bonds. The molecule has 6 nitrogen and oxygen atoms in total. The Labute approximate surface area is 255 Å². The number of carbonyl (C=O) groups excluding carboxylic acids is 2. The summed E-state index contributed by atoms with van der Waals surface area (Å²) in [5.41, 5.74) is 4.48. The van der Waals surface area contributed by atoms with E-state index in [4.69, 9.17) is 0 Å². The van der Waals surface area contributed by atoms with Gasteiger partial charge < -0.3 is 10.6 Å². The van der Waals surface area contributed by atoms with Gasteiger partial charge in [-0.25, -0.2) is 0 Å². The Kier molecular flexibility index (Phi) is 10.1. The van der Waals surface area contributed by atoms with Crippen LogP contribution in [0.1, 0.15) is 58.6 Å². The summed E-state index contributed by atoms with van der Waals surface area (Å²) in [6.07, 6.45) is 3.08. The highest BCUT2D eigenvalue weighted by atomic mass is 32.2. The first kappa shape index (κ1) is 29.6. The van der Waals surface area contributed by atoms with Crippen LogP contribution in [0, 0.1) is 11.3 Å². The molecule has 1 atom stereocenters. The Bertz CT molecular complexity index is 1560. The molecule has 1 unspecified atom stereocenters. The molecule has 42 heavy (non-hydrogen) atoms. The Morgan fingerprint density at radius 2 is 1.79 bits per heavy atom. The van der Waals surface area contributed by atoms with E-state index in [0.717, 1.165) is 59.8 Å². The topological polar surface area (TPSA) is 85.2 Å². The van der Waals surface area contributed by atoms with E-state index in [2.05, 4.69) is 52.8 Å². The second-order valence-corrected chi connectivity index (χ2v) is 12.6. The van der Waals surface area contributed by atoms with Crippen molar-refractivity contribution in [3.63, 3.8) is 0 Å². The fourth-order valence-electron chi connectivity index (χ4n) is 5.06. The molecule has 214 valence electrons. The van der Waals surface area contributed by atoms with E-state index in [9.17, 15) is 14.9 Å². The van der Waals surface area contributed by atoms with Gasteiger partial charge in [-0.1, -0.05) is 80.1 Å². The zero-order valence-corrected chi connectivity index (χ0v) is 25.3. The molecule has 0 radical (unpaired) electrons. The summed E-state index contributed by atoms with van der Waals surface area (Å²) in [5, 5.41) is 16.2. The molecule has 0 bridgehead atoms. The van der Waals surface area contributed by atoms with Gasteiger partial charge in [0.25, 0.3) is 0 Å². The van der Waals surface area contributed by atoms with Gasteiger partial charge in [-0.3, -0.25) is 14.5 Å². The van der Waals surface area contributed by atoms with Crippen molar-refractivity contribution in [1.29, 1.82) is 5.26 Å². The lowest BCUT2D eigenvalue weighted by Crippen LogP contribution is -2.29. The number of hydrogen-bond donors (Lipinski definition) is 2. The SMILES string of the molecule is CCCCC(=O)Nc1cccc(SC(C(=O)Nc2sc3c(c2C#N)CCN(Cc2ccccc2)C3)c2ccccc2)c1. The van der Waals surface area contributed by atoms with E-state index < -0.39 is 5.25 Å².